The van der Waals surface area contributed by atoms with Gasteiger partial charge < -0.3 is 20.1 Å². The number of nitrogens with zero attached hydrogens (tertiary/aromatic N) is 1. The summed E-state index contributed by atoms with van der Waals surface area (Å²) in [6, 6.07) is 7.95. The SMILES string of the molecule is CC(=O)OCc1nc2c(C(=O)O)cc(NCc3ccccc3C(F)(F)F)cc2[nH]1. The number of halogens is 3. The number of hydrogen-bond donors (Lipinski definition) is 3. The quantitative estimate of drug-likeness (QED) is 0.535. The summed E-state index contributed by atoms with van der Waals surface area (Å²) in [5.41, 5.74) is -0.0806. The molecule has 0 atom stereocenters. The number of benzene rings is 2. The van der Waals surface area contributed by atoms with E-state index in [-0.39, 0.29) is 35.6 Å². The molecule has 3 rings (SSSR count). The van der Waals surface area contributed by atoms with Crippen molar-refractivity contribution in [3.63, 3.8) is 0 Å². The zero-order valence-corrected chi connectivity index (χ0v) is 15.1. The molecule has 0 spiro atoms. The number of anilines is 1. The molecule has 1 aromatic heterocycles. The van der Waals surface area contributed by atoms with Gasteiger partial charge in [-0.2, -0.15) is 13.2 Å². The number of hydrogen-bond acceptors (Lipinski definition) is 5. The Kier molecular flexibility index (Phi) is 5.44. The van der Waals surface area contributed by atoms with Crippen molar-refractivity contribution in [2.45, 2.75) is 26.3 Å². The molecule has 0 fully saturated rings. The zero-order chi connectivity index (χ0) is 21.2. The Morgan fingerprint density at radius 1 is 1.24 bits per heavy atom. The first-order valence-electron chi connectivity index (χ1n) is 8.43. The third-order valence-corrected chi connectivity index (χ3v) is 4.08. The van der Waals surface area contributed by atoms with Crippen LogP contribution in [0.25, 0.3) is 11.0 Å². The molecule has 3 N–H and O–H groups in total. The number of imidazole rings is 1. The van der Waals surface area contributed by atoms with Gasteiger partial charge in [-0.1, -0.05) is 18.2 Å². The summed E-state index contributed by atoms with van der Waals surface area (Å²) < 4.78 is 44.2. The Bertz CT molecular complexity index is 1080. The summed E-state index contributed by atoms with van der Waals surface area (Å²) in [5, 5.41) is 12.3. The number of aromatic carboxylic acids is 1. The summed E-state index contributed by atoms with van der Waals surface area (Å²) in [5.74, 6) is -1.52. The van der Waals surface area contributed by atoms with Crippen LogP contribution in [0.15, 0.2) is 36.4 Å². The van der Waals surface area contributed by atoms with Gasteiger partial charge in [0, 0.05) is 19.2 Å². The van der Waals surface area contributed by atoms with Gasteiger partial charge in [-0.15, -0.1) is 0 Å². The largest absolute Gasteiger partial charge is 0.478 e. The number of alkyl halides is 3. The third-order valence-electron chi connectivity index (χ3n) is 4.08. The van der Waals surface area contributed by atoms with Gasteiger partial charge >= 0.3 is 18.1 Å². The monoisotopic (exact) mass is 407 g/mol. The van der Waals surface area contributed by atoms with Gasteiger partial charge in [-0.05, 0) is 23.8 Å². The Balaban J connectivity index is 1.90. The molecular weight excluding hydrogens is 391 g/mol. The first-order valence-corrected chi connectivity index (χ1v) is 8.43. The van der Waals surface area contributed by atoms with Gasteiger partial charge in [0.05, 0.1) is 16.6 Å². The van der Waals surface area contributed by atoms with Gasteiger partial charge in [-0.3, -0.25) is 4.79 Å². The van der Waals surface area contributed by atoms with Crippen LogP contribution in [-0.2, 0) is 28.9 Å². The predicted molar refractivity (Wildman–Crippen MR) is 97.3 cm³/mol. The fourth-order valence-corrected chi connectivity index (χ4v) is 2.82. The lowest BCUT2D eigenvalue weighted by molar-refractivity contribution is -0.142. The molecule has 0 amide bonds. The number of carbonyl (C=O) groups excluding carboxylic acids is 1. The molecule has 10 heteroatoms. The Labute approximate surface area is 162 Å². The van der Waals surface area contributed by atoms with E-state index in [1.165, 1.54) is 37.3 Å². The molecule has 0 aliphatic rings. The molecule has 3 aromatic rings. The third kappa shape index (κ3) is 4.65. The van der Waals surface area contributed by atoms with Crippen molar-refractivity contribution in [2.24, 2.45) is 0 Å². The van der Waals surface area contributed by atoms with Gasteiger partial charge in [-0.25, -0.2) is 9.78 Å². The van der Waals surface area contributed by atoms with Gasteiger partial charge in [0.2, 0.25) is 0 Å². The number of esters is 1. The van der Waals surface area contributed by atoms with E-state index in [0.717, 1.165) is 6.07 Å². The molecule has 1 heterocycles. The maximum Gasteiger partial charge on any atom is 0.416 e. The Morgan fingerprint density at radius 2 is 1.97 bits per heavy atom. The van der Waals surface area contributed by atoms with Crippen molar-refractivity contribution in [2.75, 3.05) is 5.32 Å². The second-order valence-corrected chi connectivity index (χ2v) is 6.20. The number of carbonyl (C=O) groups is 2. The van der Waals surface area contributed by atoms with Crippen LogP contribution >= 0.6 is 0 Å². The maximum absolute atomic E-state index is 13.1. The van der Waals surface area contributed by atoms with Crippen LogP contribution < -0.4 is 5.32 Å². The summed E-state index contributed by atoms with van der Waals surface area (Å²) in [4.78, 5) is 29.5. The van der Waals surface area contributed by atoms with Crippen molar-refractivity contribution in [1.29, 1.82) is 0 Å². The number of carboxylic acids is 1. The first-order chi connectivity index (χ1) is 13.6. The molecule has 29 heavy (non-hydrogen) atoms. The van der Waals surface area contributed by atoms with Crippen LogP contribution in [0.3, 0.4) is 0 Å². The zero-order valence-electron chi connectivity index (χ0n) is 15.1. The van der Waals surface area contributed by atoms with Crippen LogP contribution in [0.5, 0.6) is 0 Å². The van der Waals surface area contributed by atoms with E-state index in [1.807, 2.05) is 0 Å². The van der Waals surface area contributed by atoms with Crippen LogP contribution in [0.4, 0.5) is 18.9 Å². The maximum atomic E-state index is 13.1. The number of fused-ring (bicyclic) bond motifs is 1. The number of ether oxygens (including phenoxy) is 1. The average molecular weight is 407 g/mol. The van der Waals surface area contributed by atoms with E-state index in [9.17, 15) is 27.9 Å². The summed E-state index contributed by atoms with van der Waals surface area (Å²) in [6.45, 7) is 0.908. The van der Waals surface area contributed by atoms with E-state index < -0.39 is 23.7 Å². The van der Waals surface area contributed by atoms with Gasteiger partial charge in [0.1, 0.15) is 17.9 Å². The predicted octanol–water partition coefficient (Wildman–Crippen LogP) is 3.96. The number of rotatable bonds is 6. The van der Waals surface area contributed by atoms with Crippen molar-refractivity contribution in [1.82, 2.24) is 9.97 Å². The summed E-state index contributed by atoms with van der Waals surface area (Å²) >= 11 is 0. The van der Waals surface area contributed by atoms with Gasteiger partial charge in [0.15, 0.2) is 0 Å². The molecule has 0 unspecified atom stereocenters. The standard InChI is InChI=1S/C19H16F3N3O4/c1-10(26)29-9-16-24-15-7-12(6-13(18(27)28)17(15)25-16)23-8-11-4-2-3-5-14(11)19(20,21)22/h2-7,23H,8-9H2,1H3,(H,24,25)(H,27,28). The summed E-state index contributed by atoms with van der Waals surface area (Å²) in [6.07, 6.45) is -4.50. The van der Waals surface area contributed by atoms with E-state index in [0.29, 0.717) is 11.2 Å². The average Bonchev–Trinajstić information content (AvgIpc) is 3.06. The highest BCUT2D eigenvalue weighted by atomic mass is 19.4. The number of H-pyrrole nitrogens is 1. The minimum atomic E-state index is -4.50. The molecule has 0 aliphatic carbocycles. The summed E-state index contributed by atoms with van der Waals surface area (Å²) in [7, 11) is 0. The molecule has 0 saturated heterocycles. The smallest absolute Gasteiger partial charge is 0.416 e. The highest BCUT2D eigenvalue weighted by Gasteiger charge is 2.32. The molecule has 7 nitrogen and oxygen atoms in total. The minimum Gasteiger partial charge on any atom is -0.478 e. The lowest BCUT2D eigenvalue weighted by Crippen LogP contribution is -2.12. The van der Waals surface area contributed by atoms with Crippen LogP contribution in [0.1, 0.15) is 34.2 Å². The molecular formula is C19H16F3N3O4. The molecule has 2 aromatic carbocycles. The normalized spacial score (nSPS) is 11.4. The second kappa shape index (κ2) is 7.82. The molecule has 0 radical (unpaired) electrons. The Hall–Kier alpha value is -3.56. The first kappa shape index (κ1) is 20.2. The van der Waals surface area contributed by atoms with E-state index in [1.54, 1.807) is 0 Å². The van der Waals surface area contributed by atoms with Crippen LogP contribution in [-0.4, -0.2) is 27.0 Å². The van der Waals surface area contributed by atoms with Crippen molar-refractivity contribution in [3.8, 4) is 0 Å². The van der Waals surface area contributed by atoms with Crippen molar-refractivity contribution < 1.29 is 32.6 Å². The van der Waals surface area contributed by atoms with E-state index >= 15 is 0 Å². The molecule has 0 aliphatic heterocycles. The highest BCUT2D eigenvalue weighted by molar-refractivity contribution is 6.02. The highest BCUT2D eigenvalue weighted by Crippen LogP contribution is 2.32. The number of aromatic nitrogens is 2. The lowest BCUT2D eigenvalue weighted by atomic mass is 10.1. The molecule has 0 saturated carbocycles. The van der Waals surface area contributed by atoms with E-state index in [2.05, 4.69) is 15.3 Å². The number of aromatic amines is 1. The van der Waals surface area contributed by atoms with Crippen molar-refractivity contribution in [3.05, 3.63) is 58.9 Å². The topological polar surface area (TPSA) is 104 Å². The van der Waals surface area contributed by atoms with Gasteiger partial charge in [0.25, 0.3) is 0 Å². The van der Waals surface area contributed by atoms with Crippen LogP contribution in [0.2, 0.25) is 0 Å². The lowest BCUT2D eigenvalue weighted by Gasteiger charge is -2.14. The molecule has 152 valence electrons. The molecule has 0 bridgehead atoms. The number of carboxylic acid groups (broad SMARTS) is 1. The fourth-order valence-electron chi connectivity index (χ4n) is 2.82. The van der Waals surface area contributed by atoms with Crippen LogP contribution in [0, 0.1) is 0 Å². The van der Waals surface area contributed by atoms with Crippen molar-refractivity contribution >= 4 is 28.7 Å². The number of nitrogens with one attached hydrogen (secondary N) is 2. The fraction of sp³-hybridized carbons (Fsp3) is 0.211. The minimum absolute atomic E-state index is 0.0251. The van der Waals surface area contributed by atoms with E-state index in [4.69, 9.17) is 4.74 Å². The second-order valence-electron chi connectivity index (χ2n) is 6.20. The Morgan fingerprint density at radius 3 is 2.62 bits per heavy atom.